The van der Waals surface area contributed by atoms with Gasteiger partial charge >= 0.3 is 0 Å². The maximum Gasteiger partial charge on any atom is 0.159 e. The van der Waals surface area contributed by atoms with Crippen LogP contribution in [-0.2, 0) is 0 Å². The van der Waals surface area contributed by atoms with Crippen LogP contribution in [0.3, 0.4) is 0 Å². The molecule has 0 amide bonds. The highest BCUT2D eigenvalue weighted by Crippen LogP contribution is 2.45. The zero-order valence-electron chi connectivity index (χ0n) is 27.4. The summed E-state index contributed by atoms with van der Waals surface area (Å²) in [6, 6.07) is 71.0. The number of para-hydroxylation sites is 2. The summed E-state index contributed by atoms with van der Waals surface area (Å²) in [6.45, 7) is 0. The molecule has 0 radical (unpaired) electrons. The van der Waals surface area contributed by atoms with E-state index >= 15 is 0 Å². The first-order valence-corrected chi connectivity index (χ1v) is 17.0. The molecule has 0 aliphatic carbocycles. The first-order valence-electron chi connectivity index (χ1n) is 17.0. The number of hydrogen-bond acceptors (Lipinski definition) is 2. The molecule has 0 aliphatic rings. The topological polar surface area (TPSA) is 16.4 Å². The zero-order chi connectivity index (χ0) is 33.3. The van der Waals surface area contributed by atoms with Crippen LogP contribution in [0, 0.1) is 0 Å². The van der Waals surface area contributed by atoms with Crippen molar-refractivity contribution >= 4 is 39.0 Å². The van der Waals surface area contributed by atoms with Crippen LogP contribution >= 0.6 is 0 Å². The molecule has 2 heteroatoms. The van der Waals surface area contributed by atoms with Gasteiger partial charge in [0.05, 0.1) is 5.69 Å². The van der Waals surface area contributed by atoms with Crippen molar-refractivity contribution in [1.29, 1.82) is 0 Å². The van der Waals surface area contributed by atoms with Gasteiger partial charge in [-0.1, -0.05) is 164 Å². The van der Waals surface area contributed by atoms with Crippen LogP contribution in [-0.4, -0.2) is 0 Å². The van der Waals surface area contributed by atoms with Gasteiger partial charge in [0.15, 0.2) is 5.58 Å². The van der Waals surface area contributed by atoms with E-state index in [9.17, 15) is 0 Å². The molecule has 0 aliphatic heterocycles. The molecule has 8 aromatic carbocycles. The average molecular weight is 640 g/mol. The Labute approximate surface area is 292 Å². The second-order valence-electron chi connectivity index (χ2n) is 12.5. The van der Waals surface area contributed by atoms with E-state index in [1.165, 1.54) is 33.4 Å². The van der Waals surface area contributed by atoms with Gasteiger partial charge in [-0.3, -0.25) is 0 Å². The highest BCUT2D eigenvalue weighted by molar-refractivity contribution is 6.10. The normalized spacial score (nSPS) is 11.2. The predicted molar refractivity (Wildman–Crippen MR) is 210 cm³/mol. The van der Waals surface area contributed by atoms with Crippen molar-refractivity contribution in [2.24, 2.45) is 0 Å². The minimum atomic E-state index is 0.860. The van der Waals surface area contributed by atoms with Gasteiger partial charge in [-0.15, -0.1) is 0 Å². The molecule has 0 saturated carbocycles. The van der Waals surface area contributed by atoms with Gasteiger partial charge in [0.25, 0.3) is 0 Å². The molecule has 0 spiro atoms. The van der Waals surface area contributed by atoms with E-state index in [-0.39, 0.29) is 0 Å². The van der Waals surface area contributed by atoms with E-state index in [1.807, 2.05) is 12.1 Å². The lowest BCUT2D eigenvalue weighted by Gasteiger charge is -2.27. The van der Waals surface area contributed by atoms with E-state index in [0.29, 0.717) is 0 Å². The van der Waals surface area contributed by atoms with Crippen LogP contribution in [0.5, 0.6) is 0 Å². The summed E-state index contributed by atoms with van der Waals surface area (Å²) in [6.07, 6.45) is 0. The lowest BCUT2D eigenvalue weighted by atomic mass is 9.93. The second-order valence-corrected chi connectivity index (χ2v) is 12.5. The molecular weight excluding hydrogens is 607 g/mol. The molecule has 236 valence electrons. The van der Waals surface area contributed by atoms with Gasteiger partial charge < -0.3 is 9.32 Å². The Bertz CT molecular complexity index is 2470. The first-order chi connectivity index (χ1) is 24.8. The number of hydrogen-bond donors (Lipinski definition) is 0. The summed E-state index contributed by atoms with van der Waals surface area (Å²) in [5.74, 6) is 0. The highest BCUT2D eigenvalue weighted by atomic mass is 16.3. The van der Waals surface area contributed by atoms with Crippen LogP contribution in [0.15, 0.2) is 205 Å². The summed E-state index contributed by atoms with van der Waals surface area (Å²) >= 11 is 0. The third-order valence-electron chi connectivity index (χ3n) is 9.48. The largest absolute Gasteiger partial charge is 0.454 e. The Morgan fingerprint density at radius 2 is 0.740 bits per heavy atom. The number of nitrogens with zero attached hydrogens (tertiary/aromatic N) is 1. The fraction of sp³-hybridized carbons (Fsp3) is 0. The lowest BCUT2D eigenvalue weighted by molar-refractivity contribution is 0.669. The number of rotatable bonds is 7. The zero-order valence-corrected chi connectivity index (χ0v) is 27.4. The number of furan rings is 1. The Hall–Kier alpha value is -6.64. The SMILES string of the molecule is c1ccc(-c2ccccc2-c2cccc(N(c3cccc(-c4ccccc4-c4ccccc4)c3)c3cccc4c3oc3ccccc34)c2)cc1. The molecule has 0 bridgehead atoms. The smallest absolute Gasteiger partial charge is 0.159 e. The molecule has 9 aromatic rings. The highest BCUT2D eigenvalue weighted by Gasteiger charge is 2.21. The van der Waals surface area contributed by atoms with E-state index < -0.39 is 0 Å². The van der Waals surface area contributed by atoms with Crippen LogP contribution in [0.1, 0.15) is 0 Å². The second kappa shape index (κ2) is 12.8. The molecule has 0 N–H and O–H groups in total. The Kier molecular flexibility index (Phi) is 7.53. The van der Waals surface area contributed by atoms with E-state index in [1.54, 1.807) is 0 Å². The molecule has 1 aromatic heterocycles. The van der Waals surface area contributed by atoms with Crippen molar-refractivity contribution in [3.63, 3.8) is 0 Å². The van der Waals surface area contributed by atoms with Crippen molar-refractivity contribution in [3.05, 3.63) is 200 Å². The van der Waals surface area contributed by atoms with Gasteiger partial charge in [0, 0.05) is 22.1 Å². The maximum atomic E-state index is 6.65. The fourth-order valence-electron chi connectivity index (χ4n) is 7.17. The molecule has 50 heavy (non-hydrogen) atoms. The van der Waals surface area contributed by atoms with Crippen LogP contribution in [0.4, 0.5) is 17.1 Å². The molecule has 9 rings (SSSR count). The maximum absolute atomic E-state index is 6.65. The number of anilines is 3. The molecular formula is C48H33NO. The quantitative estimate of drug-likeness (QED) is 0.173. The molecule has 0 atom stereocenters. The summed E-state index contributed by atoms with van der Waals surface area (Å²) < 4.78 is 6.65. The minimum absolute atomic E-state index is 0.860. The standard InChI is InChI=1S/C48H33NO/c1-3-16-34(17-4-1)40-24-7-9-26-42(40)36-20-13-22-38(32-36)49(46-30-15-29-45-44-28-11-12-31-47(44)50-48(45)46)39-23-14-21-37(33-39)43-27-10-8-25-41(43)35-18-5-2-6-19-35/h1-33H. The monoisotopic (exact) mass is 639 g/mol. The van der Waals surface area contributed by atoms with Gasteiger partial charge in [0.1, 0.15) is 5.58 Å². The van der Waals surface area contributed by atoms with Crippen molar-refractivity contribution in [3.8, 4) is 44.5 Å². The Morgan fingerprint density at radius 1 is 0.320 bits per heavy atom. The van der Waals surface area contributed by atoms with Crippen LogP contribution in [0.2, 0.25) is 0 Å². The van der Waals surface area contributed by atoms with Crippen molar-refractivity contribution in [2.45, 2.75) is 0 Å². The van der Waals surface area contributed by atoms with Crippen molar-refractivity contribution < 1.29 is 4.42 Å². The number of benzene rings is 8. The van der Waals surface area contributed by atoms with E-state index in [4.69, 9.17) is 4.42 Å². The minimum Gasteiger partial charge on any atom is -0.454 e. The predicted octanol–water partition coefficient (Wildman–Crippen LogP) is 13.7. The molecule has 2 nitrogen and oxygen atoms in total. The third-order valence-corrected chi connectivity index (χ3v) is 9.48. The van der Waals surface area contributed by atoms with E-state index in [2.05, 4.69) is 193 Å². The number of fused-ring (bicyclic) bond motifs is 3. The third kappa shape index (κ3) is 5.34. The van der Waals surface area contributed by atoms with Crippen LogP contribution in [0.25, 0.3) is 66.4 Å². The molecule has 0 fully saturated rings. The first kappa shape index (κ1) is 29.5. The van der Waals surface area contributed by atoms with Crippen molar-refractivity contribution in [1.82, 2.24) is 0 Å². The summed E-state index contributed by atoms with van der Waals surface area (Å²) in [7, 11) is 0. The van der Waals surface area contributed by atoms with E-state index in [0.717, 1.165) is 50.1 Å². The Balaban J connectivity index is 1.25. The van der Waals surface area contributed by atoms with Crippen LogP contribution < -0.4 is 4.90 Å². The fourth-order valence-corrected chi connectivity index (χ4v) is 7.17. The van der Waals surface area contributed by atoms with Gasteiger partial charge in [-0.2, -0.15) is 0 Å². The van der Waals surface area contributed by atoms with Gasteiger partial charge in [0.2, 0.25) is 0 Å². The van der Waals surface area contributed by atoms with Gasteiger partial charge in [-0.05, 0) is 80.9 Å². The summed E-state index contributed by atoms with van der Waals surface area (Å²) in [5, 5.41) is 2.21. The summed E-state index contributed by atoms with van der Waals surface area (Å²) in [5.41, 5.74) is 14.3. The molecule has 0 saturated heterocycles. The average Bonchev–Trinajstić information content (AvgIpc) is 3.59. The Morgan fingerprint density at radius 3 is 1.30 bits per heavy atom. The lowest BCUT2D eigenvalue weighted by Crippen LogP contribution is -2.10. The summed E-state index contributed by atoms with van der Waals surface area (Å²) in [4.78, 5) is 2.34. The molecule has 0 unspecified atom stereocenters. The molecule has 1 heterocycles. The van der Waals surface area contributed by atoms with Gasteiger partial charge in [-0.25, -0.2) is 0 Å². The van der Waals surface area contributed by atoms with Crippen molar-refractivity contribution in [2.75, 3.05) is 4.90 Å².